The minimum Gasteiger partial charge on any atom is -0.452 e. The van der Waals surface area contributed by atoms with Gasteiger partial charge in [-0.1, -0.05) is 18.2 Å². The first-order valence-corrected chi connectivity index (χ1v) is 10.5. The summed E-state index contributed by atoms with van der Waals surface area (Å²) >= 11 is 3.16. The van der Waals surface area contributed by atoms with Crippen molar-refractivity contribution in [1.29, 1.82) is 5.26 Å². The van der Waals surface area contributed by atoms with Gasteiger partial charge in [0.25, 0.3) is 5.91 Å². The van der Waals surface area contributed by atoms with Crippen molar-refractivity contribution >= 4 is 43.5 Å². The zero-order chi connectivity index (χ0) is 21.6. The quantitative estimate of drug-likeness (QED) is 0.445. The lowest BCUT2D eigenvalue weighted by Crippen LogP contribution is -2.35. The first-order chi connectivity index (χ1) is 13.7. The number of carbonyl (C=O) groups is 2. The normalized spacial score (nSPS) is 11.0. The Morgan fingerprint density at radius 3 is 2.38 bits per heavy atom. The number of sulfonamides is 1. The fourth-order valence-electron chi connectivity index (χ4n) is 2.32. The Morgan fingerprint density at radius 2 is 1.79 bits per heavy atom. The topological polar surface area (TPSA) is 108 Å². The molecular weight excluding hydrogens is 462 g/mol. The molecule has 10 heteroatoms. The number of benzene rings is 2. The number of ether oxygens (including phenoxy) is 1. The number of nitriles is 1. The average Bonchev–Trinajstić information content (AvgIpc) is 2.70. The maximum absolute atomic E-state index is 12.4. The first kappa shape index (κ1) is 22.5. The molecule has 0 saturated heterocycles. The second-order valence-corrected chi connectivity index (χ2v) is 8.96. The van der Waals surface area contributed by atoms with Crippen molar-refractivity contribution < 1.29 is 22.7 Å². The maximum Gasteiger partial charge on any atom is 0.338 e. The highest BCUT2D eigenvalue weighted by Crippen LogP contribution is 2.25. The average molecular weight is 480 g/mol. The molecule has 0 radical (unpaired) electrons. The van der Waals surface area contributed by atoms with Crippen LogP contribution in [0.1, 0.15) is 10.4 Å². The van der Waals surface area contributed by atoms with Gasteiger partial charge in [0.1, 0.15) is 6.54 Å². The van der Waals surface area contributed by atoms with Crippen LogP contribution in [0, 0.1) is 11.3 Å². The molecule has 0 aliphatic carbocycles. The summed E-state index contributed by atoms with van der Waals surface area (Å²) in [6.07, 6.45) is 0. The highest BCUT2D eigenvalue weighted by atomic mass is 79.9. The van der Waals surface area contributed by atoms with Crippen LogP contribution in [0.4, 0.5) is 5.69 Å². The van der Waals surface area contributed by atoms with Gasteiger partial charge in [-0.15, -0.1) is 0 Å². The predicted molar refractivity (Wildman–Crippen MR) is 110 cm³/mol. The van der Waals surface area contributed by atoms with E-state index in [4.69, 9.17) is 10.00 Å². The number of rotatable bonds is 7. The van der Waals surface area contributed by atoms with E-state index in [-0.39, 0.29) is 17.0 Å². The number of anilines is 1. The molecule has 1 amide bonds. The summed E-state index contributed by atoms with van der Waals surface area (Å²) in [7, 11) is -1.04. The van der Waals surface area contributed by atoms with E-state index in [1.165, 1.54) is 37.2 Å². The fourth-order valence-corrected chi connectivity index (χ4v) is 4.16. The smallest absolute Gasteiger partial charge is 0.338 e. The predicted octanol–water partition coefficient (Wildman–Crippen LogP) is 2.41. The molecule has 0 heterocycles. The van der Waals surface area contributed by atoms with Gasteiger partial charge in [-0.05, 0) is 46.3 Å². The monoisotopic (exact) mass is 479 g/mol. The summed E-state index contributed by atoms with van der Waals surface area (Å²) in [6.45, 7) is -0.800. The molecular formula is C19H18BrN3O5S. The van der Waals surface area contributed by atoms with Gasteiger partial charge >= 0.3 is 5.97 Å². The van der Waals surface area contributed by atoms with Gasteiger partial charge in [0, 0.05) is 24.3 Å². The van der Waals surface area contributed by atoms with Crippen molar-refractivity contribution in [3.8, 4) is 6.07 Å². The van der Waals surface area contributed by atoms with E-state index in [9.17, 15) is 18.0 Å². The lowest BCUT2D eigenvalue weighted by molar-refractivity contribution is -0.121. The largest absolute Gasteiger partial charge is 0.452 e. The highest BCUT2D eigenvalue weighted by molar-refractivity contribution is 9.10. The molecule has 2 rings (SSSR count). The van der Waals surface area contributed by atoms with E-state index < -0.39 is 28.5 Å². The number of amides is 1. The van der Waals surface area contributed by atoms with Crippen molar-refractivity contribution in [3.05, 3.63) is 58.6 Å². The first-order valence-electron chi connectivity index (χ1n) is 8.30. The van der Waals surface area contributed by atoms with Crippen molar-refractivity contribution in [2.24, 2.45) is 0 Å². The Morgan fingerprint density at radius 1 is 1.14 bits per heavy atom. The summed E-state index contributed by atoms with van der Waals surface area (Å²) in [5.41, 5.74) is 0.478. The molecule has 0 saturated carbocycles. The molecule has 152 valence electrons. The third kappa shape index (κ3) is 5.41. The van der Waals surface area contributed by atoms with Crippen LogP contribution in [-0.2, 0) is 19.6 Å². The van der Waals surface area contributed by atoms with Crippen LogP contribution in [0.15, 0.2) is 57.9 Å². The number of carbonyl (C=O) groups excluding carboxylic acids is 2. The van der Waals surface area contributed by atoms with E-state index in [0.717, 1.165) is 4.31 Å². The Balaban J connectivity index is 2.16. The summed E-state index contributed by atoms with van der Waals surface area (Å²) < 4.78 is 31.1. The third-order valence-electron chi connectivity index (χ3n) is 3.85. The van der Waals surface area contributed by atoms with E-state index in [2.05, 4.69) is 15.9 Å². The van der Waals surface area contributed by atoms with E-state index in [1.807, 2.05) is 6.07 Å². The van der Waals surface area contributed by atoms with Crippen molar-refractivity contribution in [2.75, 3.05) is 32.1 Å². The van der Waals surface area contributed by atoms with Gasteiger partial charge in [0.2, 0.25) is 10.0 Å². The molecule has 0 aromatic heterocycles. The third-order valence-corrected chi connectivity index (χ3v) is 6.66. The molecule has 2 aromatic rings. The number of esters is 1. The molecule has 0 fully saturated rings. The summed E-state index contributed by atoms with van der Waals surface area (Å²) in [6, 6.07) is 14.4. The molecule has 0 spiro atoms. The lowest BCUT2D eigenvalue weighted by atomic mass is 10.2. The van der Waals surface area contributed by atoms with Crippen molar-refractivity contribution in [3.63, 3.8) is 0 Å². The summed E-state index contributed by atoms with van der Waals surface area (Å²) in [4.78, 5) is 25.9. The summed E-state index contributed by atoms with van der Waals surface area (Å²) in [5, 5.41) is 8.96. The van der Waals surface area contributed by atoms with E-state index >= 15 is 0 Å². The Kier molecular flexibility index (Phi) is 7.50. The van der Waals surface area contributed by atoms with Crippen molar-refractivity contribution in [2.45, 2.75) is 4.90 Å². The lowest BCUT2D eigenvalue weighted by Gasteiger charge is -2.19. The van der Waals surface area contributed by atoms with Gasteiger partial charge < -0.3 is 4.74 Å². The molecule has 0 aliphatic rings. The molecule has 29 heavy (non-hydrogen) atoms. The number of nitrogens with zero attached hydrogens (tertiary/aromatic N) is 3. The van der Waals surface area contributed by atoms with Gasteiger partial charge in [-0.3, -0.25) is 9.69 Å². The number of halogens is 1. The van der Waals surface area contributed by atoms with Gasteiger partial charge in [0.15, 0.2) is 6.61 Å². The van der Waals surface area contributed by atoms with Crippen LogP contribution in [0.3, 0.4) is 0 Å². The Labute approximate surface area is 177 Å². The van der Waals surface area contributed by atoms with Gasteiger partial charge in [-0.25, -0.2) is 17.5 Å². The molecule has 8 nitrogen and oxygen atoms in total. The molecule has 0 bridgehead atoms. The number of hydrogen-bond acceptors (Lipinski definition) is 6. The van der Waals surface area contributed by atoms with Gasteiger partial charge in [-0.2, -0.15) is 5.26 Å². The molecule has 2 aromatic carbocycles. The second-order valence-electron chi connectivity index (χ2n) is 5.98. The van der Waals surface area contributed by atoms with Crippen LogP contribution in [0.25, 0.3) is 0 Å². The van der Waals surface area contributed by atoms with E-state index in [0.29, 0.717) is 10.2 Å². The minimum atomic E-state index is -3.78. The fraction of sp³-hybridized carbons (Fsp3) is 0.211. The second kappa shape index (κ2) is 9.65. The standard InChI is InChI=1S/C19H18BrN3O5S/c1-22(2)29(26,27)17-12-14(8-9-16(17)20)19(25)28-13-18(24)23(11-10-21)15-6-4-3-5-7-15/h3-9,12H,11,13H2,1-2H3. The molecule has 0 N–H and O–H groups in total. The van der Waals surface area contributed by atoms with Crippen LogP contribution >= 0.6 is 15.9 Å². The Bertz CT molecular complexity index is 1050. The van der Waals surface area contributed by atoms with Crippen molar-refractivity contribution in [1.82, 2.24) is 4.31 Å². The zero-order valence-electron chi connectivity index (χ0n) is 15.7. The summed E-state index contributed by atoms with van der Waals surface area (Å²) in [5.74, 6) is -1.43. The maximum atomic E-state index is 12.4. The zero-order valence-corrected chi connectivity index (χ0v) is 18.1. The van der Waals surface area contributed by atoms with Crippen LogP contribution in [0.2, 0.25) is 0 Å². The van der Waals surface area contributed by atoms with E-state index in [1.54, 1.807) is 30.3 Å². The number of para-hydroxylation sites is 1. The molecule has 0 aliphatic heterocycles. The minimum absolute atomic E-state index is 0.0204. The van der Waals surface area contributed by atoms with Crippen LogP contribution in [-0.4, -0.2) is 51.8 Å². The van der Waals surface area contributed by atoms with Gasteiger partial charge in [0.05, 0.1) is 16.5 Å². The highest BCUT2D eigenvalue weighted by Gasteiger charge is 2.23. The number of hydrogen-bond donors (Lipinski definition) is 0. The Hall–Kier alpha value is -2.74. The van der Waals surface area contributed by atoms with Crippen LogP contribution in [0.5, 0.6) is 0 Å². The molecule has 0 unspecified atom stereocenters. The van der Waals surface area contributed by atoms with Crippen LogP contribution < -0.4 is 4.90 Å². The SMILES string of the molecule is CN(C)S(=O)(=O)c1cc(C(=O)OCC(=O)N(CC#N)c2ccccc2)ccc1Br. The molecule has 0 atom stereocenters.